The van der Waals surface area contributed by atoms with Crippen molar-refractivity contribution in [2.24, 2.45) is 63.6 Å². The van der Waals surface area contributed by atoms with Crippen molar-refractivity contribution in [1.82, 2.24) is 0 Å². The topological polar surface area (TPSA) is 79.3 Å². The number of fused-ring (bicyclic) bond motifs is 4. The van der Waals surface area contributed by atoms with Crippen molar-refractivity contribution in [3.05, 3.63) is 0 Å². The number of aliphatic hydroxyl groups is 2. The average molecular weight is 517 g/mol. The van der Waals surface area contributed by atoms with Crippen molar-refractivity contribution >= 4 is 5.97 Å². The summed E-state index contributed by atoms with van der Waals surface area (Å²) in [6.07, 6.45) is 5.60. The van der Waals surface area contributed by atoms with E-state index >= 15 is 0 Å². The Labute approximate surface area is 224 Å². The molecule has 1 heterocycles. The van der Waals surface area contributed by atoms with Crippen LogP contribution in [0.15, 0.2) is 0 Å². The Balaban J connectivity index is 1.35. The maximum atomic E-state index is 12.5. The smallest absolute Gasteiger partial charge is 0.303 e. The van der Waals surface area contributed by atoms with E-state index in [-0.39, 0.29) is 40.5 Å². The van der Waals surface area contributed by atoms with Crippen LogP contribution >= 0.6 is 0 Å². The van der Waals surface area contributed by atoms with Gasteiger partial charge in [-0.25, -0.2) is 0 Å². The maximum Gasteiger partial charge on any atom is 0.303 e. The first-order chi connectivity index (χ1) is 17.2. The SMILES string of the molecule is CC(=O)O[C@@H]1C(O)C2C(C[C@H]3O[C@]34C[C@@H](O)CC[C@]24C)C2CC[C@H](C(C)[C@H]3C[C@]3(C)C(C)C(C)C)[C@]21C. The van der Waals surface area contributed by atoms with Crippen LogP contribution in [0.5, 0.6) is 0 Å². The molecular formula is C32H52O5. The molecule has 2 N–H and O–H groups in total. The highest BCUT2D eigenvalue weighted by molar-refractivity contribution is 5.66. The van der Waals surface area contributed by atoms with Crippen molar-refractivity contribution in [1.29, 1.82) is 0 Å². The lowest BCUT2D eigenvalue weighted by Gasteiger charge is -2.63. The molecule has 1 aliphatic heterocycles. The molecule has 1 spiro atoms. The number of epoxide rings is 1. The van der Waals surface area contributed by atoms with E-state index < -0.39 is 12.2 Å². The molecule has 210 valence electrons. The Morgan fingerprint density at radius 3 is 2.35 bits per heavy atom. The predicted octanol–water partition coefficient (Wildman–Crippen LogP) is 5.60. The molecule has 0 bridgehead atoms. The monoisotopic (exact) mass is 516 g/mol. The lowest BCUT2D eigenvalue weighted by molar-refractivity contribution is -0.236. The van der Waals surface area contributed by atoms with Crippen molar-refractivity contribution < 1.29 is 24.5 Å². The zero-order valence-corrected chi connectivity index (χ0v) is 24.5. The summed E-state index contributed by atoms with van der Waals surface area (Å²) in [7, 11) is 0. The second kappa shape index (κ2) is 8.19. The van der Waals surface area contributed by atoms with Crippen LogP contribution in [0.3, 0.4) is 0 Å². The third-order valence-corrected chi connectivity index (χ3v) is 14.1. The van der Waals surface area contributed by atoms with Gasteiger partial charge in [0, 0.05) is 24.2 Å². The Bertz CT molecular complexity index is 949. The summed E-state index contributed by atoms with van der Waals surface area (Å²) in [5.41, 5.74) is -0.340. The second-order valence-electron chi connectivity index (χ2n) is 15.6. The molecule has 15 atom stereocenters. The minimum Gasteiger partial charge on any atom is -0.459 e. The summed E-state index contributed by atoms with van der Waals surface area (Å²) < 4.78 is 12.7. The van der Waals surface area contributed by atoms with Gasteiger partial charge in [0.25, 0.3) is 0 Å². The van der Waals surface area contributed by atoms with Gasteiger partial charge in [0.1, 0.15) is 11.7 Å². The summed E-state index contributed by atoms with van der Waals surface area (Å²) in [5, 5.41) is 22.8. The van der Waals surface area contributed by atoms with Gasteiger partial charge in [0.2, 0.25) is 0 Å². The first-order valence-electron chi connectivity index (χ1n) is 15.4. The number of rotatable bonds is 5. The van der Waals surface area contributed by atoms with E-state index in [1.54, 1.807) is 0 Å². The lowest BCUT2D eigenvalue weighted by Crippen LogP contribution is -2.68. The lowest BCUT2D eigenvalue weighted by atomic mass is 9.42. The zero-order chi connectivity index (χ0) is 26.9. The molecule has 0 amide bonds. The Kier molecular flexibility index (Phi) is 5.88. The van der Waals surface area contributed by atoms with Crippen LogP contribution in [0.2, 0.25) is 0 Å². The van der Waals surface area contributed by atoms with E-state index in [9.17, 15) is 15.0 Å². The number of hydrogen-bond acceptors (Lipinski definition) is 5. The largest absolute Gasteiger partial charge is 0.459 e. The quantitative estimate of drug-likeness (QED) is 0.367. The second-order valence-corrected chi connectivity index (χ2v) is 15.6. The highest BCUT2D eigenvalue weighted by Gasteiger charge is 2.79. The number of ether oxygens (including phenoxy) is 2. The third kappa shape index (κ3) is 3.35. The highest BCUT2D eigenvalue weighted by Crippen LogP contribution is 2.76. The molecular weight excluding hydrogens is 464 g/mol. The molecule has 0 aromatic rings. The molecule has 6 fully saturated rings. The summed E-state index contributed by atoms with van der Waals surface area (Å²) in [4.78, 5) is 12.5. The van der Waals surface area contributed by atoms with Crippen LogP contribution in [0.25, 0.3) is 0 Å². The van der Waals surface area contributed by atoms with Crippen molar-refractivity contribution in [3.8, 4) is 0 Å². The first-order valence-corrected chi connectivity index (χ1v) is 15.4. The van der Waals surface area contributed by atoms with Crippen LogP contribution in [0.1, 0.15) is 100 Å². The fourth-order valence-electron chi connectivity index (χ4n) is 11.7. The number of carbonyl (C=O) groups excluding carboxylic acids is 1. The van der Waals surface area contributed by atoms with Gasteiger partial charge in [0.05, 0.1) is 18.3 Å². The van der Waals surface area contributed by atoms with Crippen LogP contribution < -0.4 is 0 Å². The van der Waals surface area contributed by atoms with E-state index in [0.717, 1.165) is 32.1 Å². The predicted molar refractivity (Wildman–Crippen MR) is 142 cm³/mol. The summed E-state index contributed by atoms with van der Waals surface area (Å²) in [6, 6.07) is 0. The van der Waals surface area contributed by atoms with Gasteiger partial charge in [-0.05, 0) is 91.3 Å². The maximum absolute atomic E-state index is 12.5. The van der Waals surface area contributed by atoms with Gasteiger partial charge in [-0.1, -0.05) is 48.5 Å². The molecule has 6 rings (SSSR count). The molecule has 0 aromatic heterocycles. The fourth-order valence-corrected chi connectivity index (χ4v) is 11.7. The van der Waals surface area contributed by atoms with Crippen molar-refractivity contribution in [2.75, 3.05) is 0 Å². The summed E-state index contributed by atoms with van der Waals surface area (Å²) in [6.45, 7) is 18.3. The molecule has 5 saturated carbocycles. The van der Waals surface area contributed by atoms with E-state index in [4.69, 9.17) is 9.47 Å². The first kappa shape index (κ1) is 26.6. The Morgan fingerprint density at radius 1 is 1.00 bits per heavy atom. The molecule has 5 aliphatic carbocycles. The molecule has 6 unspecified atom stereocenters. The van der Waals surface area contributed by atoms with Crippen LogP contribution in [0.4, 0.5) is 0 Å². The van der Waals surface area contributed by atoms with Crippen LogP contribution in [0, 0.1) is 63.6 Å². The van der Waals surface area contributed by atoms with Gasteiger partial charge in [-0.2, -0.15) is 0 Å². The minimum absolute atomic E-state index is 0.0439. The van der Waals surface area contributed by atoms with E-state index in [1.165, 1.54) is 13.3 Å². The van der Waals surface area contributed by atoms with Crippen LogP contribution in [-0.2, 0) is 14.3 Å². The number of carbonyl (C=O) groups is 1. The van der Waals surface area contributed by atoms with Gasteiger partial charge < -0.3 is 19.7 Å². The average Bonchev–Trinajstić information content (AvgIpc) is 3.67. The van der Waals surface area contributed by atoms with E-state index in [1.807, 2.05) is 0 Å². The highest BCUT2D eigenvalue weighted by atomic mass is 16.6. The third-order valence-electron chi connectivity index (χ3n) is 14.1. The number of hydrogen-bond donors (Lipinski definition) is 2. The standard InChI is InChI=1S/C32H52O5/c1-16(2)18(4)29(6)15-24(29)17(3)22-9-10-23-21-13-25-32(37-25)14-20(34)11-12-30(32,7)26(21)27(35)28(31(22,23)8)36-19(5)33/h16-18,20-28,34-35H,9-15H2,1-8H3/t17?,18?,20-,21?,22+,23?,24+,25+,26?,27?,28+,29+,30+,31+,32+/m0/s1. The summed E-state index contributed by atoms with van der Waals surface area (Å²) in [5.74, 6) is 3.62. The minimum atomic E-state index is -0.689. The molecule has 0 radical (unpaired) electrons. The number of esters is 1. The Hall–Kier alpha value is -0.650. The normalized spacial score (nSPS) is 57.4. The van der Waals surface area contributed by atoms with Gasteiger partial charge in [-0.3, -0.25) is 4.79 Å². The molecule has 6 aliphatic rings. The van der Waals surface area contributed by atoms with Gasteiger partial charge >= 0.3 is 5.97 Å². The summed E-state index contributed by atoms with van der Waals surface area (Å²) >= 11 is 0. The van der Waals surface area contributed by atoms with E-state index in [2.05, 4.69) is 48.5 Å². The van der Waals surface area contributed by atoms with Crippen molar-refractivity contribution in [3.63, 3.8) is 0 Å². The van der Waals surface area contributed by atoms with E-state index in [0.29, 0.717) is 53.3 Å². The zero-order valence-electron chi connectivity index (χ0n) is 24.5. The molecule has 1 saturated heterocycles. The van der Waals surface area contributed by atoms with Gasteiger partial charge in [-0.15, -0.1) is 0 Å². The van der Waals surface area contributed by atoms with Crippen LogP contribution in [-0.4, -0.2) is 46.2 Å². The Morgan fingerprint density at radius 2 is 1.70 bits per heavy atom. The molecule has 37 heavy (non-hydrogen) atoms. The fraction of sp³-hybridized carbons (Fsp3) is 0.969. The molecule has 0 aromatic carbocycles. The molecule has 5 nitrogen and oxygen atoms in total. The number of aliphatic hydroxyl groups excluding tert-OH is 2. The van der Waals surface area contributed by atoms with Gasteiger partial charge in [0.15, 0.2) is 0 Å². The molecule has 5 heteroatoms. The van der Waals surface area contributed by atoms with Crippen molar-refractivity contribution in [2.45, 2.75) is 130 Å².